The third-order valence-electron chi connectivity index (χ3n) is 3.05. The number of hydrogen-bond donors (Lipinski definition) is 1. The van der Waals surface area contributed by atoms with Gasteiger partial charge in [0.15, 0.2) is 0 Å². The van der Waals surface area contributed by atoms with Crippen LogP contribution in [0.1, 0.15) is 56.3 Å². The molecule has 1 aromatic carbocycles. The fraction of sp³-hybridized carbons (Fsp3) is 0.533. The van der Waals surface area contributed by atoms with Crippen LogP contribution in [-0.2, 0) is 4.74 Å². The molecule has 0 saturated carbocycles. The van der Waals surface area contributed by atoms with E-state index in [-0.39, 0.29) is 17.4 Å². The highest BCUT2D eigenvalue weighted by Crippen LogP contribution is 2.18. The number of rotatable bonds is 7. The second-order valence-electron chi connectivity index (χ2n) is 4.77. The van der Waals surface area contributed by atoms with Crippen molar-refractivity contribution in [3.05, 3.63) is 29.6 Å². The molecule has 0 aliphatic rings. The second kappa shape index (κ2) is 7.77. The van der Waals surface area contributed by atoms with E-state index in [2.05, 4.69) is 6.92 Å². The van der Waals surface area contributed by atoms with E-state index in [4.69, 9.17) is 10.5 Å². The van der Waals surface area contributed by atoms with Crippen molar-refractivity contribution in [1.82, 2.24) is 0 Å². The summed E-state index contributed by atoms with van der Waals surface area (Å²) in [6.07, 6.45) is 5.18. The lowest BCUT2D eigenvalue weighted by Gasteiger charge is -2.14. The molecule has 0 amide bonds. The molecule has 0 aromatic heterocycles. The van der Waals surface area contributed by atoms with E-state index in [1.165, 1.54) is 31.0 Å². The summed E-state index contributed by atoms with van der Waals surface area (Å²) in [5.74, 6) is -1.15. The molecule has 0 aliphatic carbocycles. The van der Waals surface area contributed by atoms with Crippen LogP contribution in [0.3, 0.4) is 0 Å². The lowest BCUT2D eigenvalue weighted by molar-refractivity contribution is 0.0320. The van der Waals surface area contributed by atoms with Crippen molar-refractivity contribution in [2.75, 3.05) is 5.73 Å². The van der Waals surface area contributed by atoms with Crippen LogP contribution in [0.5, 0.6) is 0 Å². The Hall–Kier alpha value is -1.58. The third-order valence-corrected chi connectivity index (χ3v) is 3.05. The number of para-hydroxylation sites is 1. The topological polar surface area (TPSA) is 52.3 Å². The standard InChI is InChI=1S/C15H22FNO2/c1-3-4-5-6-8-11(2)19-15(18)12-9-7-10-13(16)14(12)17/h7,9-11H,3-6,8,17H2,1-2H3. The smallest absolute Gasteiger partial charge is 0.340 e. The van der Waals surface area contributed by atoms with Gasteiger partial charge in [0.05, 0.1) is 17.4 Å². The molecule has 2 N–H and O–H groups in total. The second-order valence-corrected chi connectivity index (χ2v) is 4.77. The Labute approximate surface area is 113 Å². The van der Waals surface area contributed by atoms with Crippen molar-refractivity contribution in [2.45, 2.75) is 52.1 Å². The van der Waals surface area contributed by atoms with Gasteiger partial charge in [0.25, 0.3) is 0 Å². The Balaban J connectivity index is 2.48. The Kier molecular flexibility index (Phi) is 6.33. The van der Waals surface area contributed by atoms with E-state index in [1.807, 2.05) is 6.92 Å². The number of nitrogen functional groups attached to an aromatic ring is 1. The van der Waals surface area contributed by atoms with Crippen LogP contribution in [0.25, 0.3) is 0 Å². The summed E-state index contributed by atoms with van der Waals surface area (Å²) in [7, 11) is 0. The number of hydrogen-bond acceptors (Lipinski definition) is 3. The predicted octanol–water partition coefficient (Wildman–Crippen LogP) is 3.92. The molecule has 0 spiro atoms. The van der Waals surface area contributed by atoms with Gasteiger partial charge in [-0.25, -0.2) is 9.18 Å². The van der Waals surface area contributed by atoms with Gasteiger partial charge < -0.3 is 10.5 Å². The number of nitrogens with two attached hydrogens (primary N) is 1. The molecule has 0 aliphatic heterocycles. The quantitative estimate of drug-likeness (QED) is 0.462. The lowest BCUT2D eigenvalue weighted by atomic mass is 10.1. The van der Waals surface area contributed by atoms with E-state index in [1.54, 1.807) is 0 Å². The van der Waals surface area contributed by atoms with Crippen molar-refractivity contribution in [3.8, 4) is 0 Å². The molecule has 0 fully saturated rings. The van der Waals surface area contributed by atoms with E-state index >= 15 is 0 Å². The SMILES string of the molecule is CCCCCCC(C)OC(=O)c1cccc(F)c1N. The Morgan fingerprint density at radius 1 is 1.37 bits per heavy atom. The van der Waals surface area contributed by atoms with Gasteiger partial charge in [0, 0.05) is 0 Å². The van der Waals surface area contributed by atoms with Gasteiger partial charge in [-0.1, -0.05) is 32.3 Å². The zero-order valence-corrected chi connectivity index (χ0v) is 11.6. The highest BCUT2D eigenvalue weighted by molar-refractivity contribution is 5.95. The summed E-state index contributed by atoms with van der Waals surface area (Å²) in [6, 6.07) is 4.15. The first kappa shape index (κ1) is 15.5. The van der Waals surface area contributed by atoms with Crippen LogP contribution < -0.4 is 5.73 Å². The van der Waals surface area contributed by atoms with Crippen molar-refractivity contribution in [1.29, 1.82) is 0 Å². The van der Waals surface area contributed by atoms with Gasteiger partial charge >= 0.3 is 5.97 Å². The molecule has 1 atom stereocenters. The number of carbonyl (C=O) groups is 1. The summed E-state index contributed by atoms with van der Waals surface area (Å²) < 4.78 is 18.5. The van der Waals surface area contributed by atoms with Gasteiger partial charge in [0.1, 0.15) is 5.82 Å². The summed E-state index contributed by atoms with van der Waals surface area (Å²) in [4.78, 5) is 11.8. The van der Waals surface area contributed by atoms with Crippen LogP contribution in [0.15, 0.2) is 18.2 Å². The average molecular weight is 267 g/mol. The number of anilines is 1. The van der Waals surface area contributed by atoms with Crippen molar-refractivity contribution in [3.63, 3.8) is 0 Å². The molecule has 1 unspecified atom stereocenters. The molecule has 0 radical (unpaired) electrons. The summed E-state index contributed by atoms with van der Waals surface area (Å²) >= 11 is 0. The maximum atomic E-state index is 13.2. The molecule has 0 saturated heterocycles. The minimum absolute atomic E-state index is 0.0976. The maximum absolute atomic E-state index is 13.2. The minimum atomic E-state index is -0.593. The number of halogens is 1. The summed E-state index contributed by atoms with van der Waals surface area (Å²) in [6.45, 7) is 4.00. The van der Waals surface area contributed by atoms with Gasteiger partial charge in [-0.05, 0) is 31.9 Å². The van der Waals surface area contributed by atoms with Crippen LogP contribution in [0.2, 0.25) is 0 Å². The molecule has 0 bridgehead atoms. The summed E-state index contributed by atoms with van der Waals surface area (Å²) in [5, 5.41) is 0. The van der Waals surface area contributed by atoms with Crippen molar-refractivity contribution in [2.24, 2.45) is 0 Å². The number of unbranched alkanes of at least 4 members (excludes halogenated alkanes) is 3. The summed E-state index contributed by atoms with van der Waals surface area (Å²) in [5.41, 5.74) is 5.47. The zero-order chi connectivity index (χ0) is 14.3. The lowest BCUT2D eigenvalue weighted by Crippen LogP contribution is -2.16. The first-order valence-corrected chi connectivity index (χ1v) is 6.81. The largest absolute Gasteiger partial charge is 0.459 e. The Bertz CT molecular complexity index is 421. The number of esters is 1. The van der Waals surface area contributed by atoms with E-state index in [0.717, 1.165) is 19.3 Å². The normalized spacial score (nSPS) is 12.2. The van der Waals surface area contributed by atoms with Gasteiger partial charge in [-0.15, -0.1) is 0 Å². The number of carbonyl (C=O) groups excluding carboxylic acids is 1. The molecule has 0 heterocycles. The Morgan fingerprint density at radius 2 is 2.11 bits per heavy atom. The van der Waals surface area contributed by atoms with E-state index < -0.39 is 11.8 Å². The van der Waals surface area contributed by atoms with Crippen LogP contribution in [-0.4, -0.2) is 12.1 Å². The van der Waals surface area contributed by atoms with Gasteiger partial charge in [0.2, 0.25) is 0 Å². The molecule has 19 heavy (non-hydrogen) atoms. The van der Waals surface area contributed by atoms with E-state index in [9.17, 15) is 9.18 Å². The highest BCUT2D eigenvalue weighted by Gasteiger charge is 2.16. The van der Waals surface area contributed by atoms with Gasteiger partial charge in [-0.3, -0.25) is 0 Å². The molecular formula is C15H22FNO2. The first-order chi connectivity index (χ1) is 9.06. The number of benzene rings is 1. The Morgan fingerprint density at radius 3 is 2.79 bits per heavy atom. The predicted molar refractivity (Wildman–Crippen MR) is 74.4 cm³/mol. The molecule has 3 nitrogen and oxygen atoms in total. The molecule has 1 rings (SSSR count). The highest BCUT2D eigenvalue weighted by atomic mass is 19.1. The molecule has 106 valence electrons. The van der Waals surface area contributed by atoms with Crippen molar-refractivity contribution >= 4 is 11.7 Å². The maximum Gasteiger partial charge on any atom is 0.340 e. The fourth-order valence-electron chi connectivity index (χ4n) is 1.88. The van der Waals surface area contributed by atoms with Crippen molar-refractivity contribution < 1.29 is 13.9 Å². The van der Waals surface area contributed by atoms with Crippen LogP contribution >= 0.6 is 0 Å². The minimum Gasteiger partial charge on any atom is -0.459 e. The molecular weight excluding hydrogens is 245 g/mol. The third kappa shape index (κ3) is 4.89. The first-order valence-electron chi connectivity index (χ1n) is 6.81. The van der Waals surface area contributed by atoms with Gasteiger partial charge in [-0.2, -0.15) is 0 Å². The van der Waals surface area contributed by atoms with Crippen LogP contribution in [0, 0.1) is 5.82 Å². The number of ether oxygens (including phenoxy) is 1. The monoisotopic (exact) mass is 267 g/mol. The van der Waals surface area contributed by atoms with Crippen LogP contribution in [0.4, 0.5) is 10.1 Å². The molecule has 4 heteroatoms. The molecule has 1 aromatic rings. The fourth-order valence-corrected chi connectivity index (χ4v) is 1.88. The average Bonchev–Trinajstić information content (AvgIpc) is 2.38. The zero-order valence-electron chi connectivity index (χ0n) is 11.6. The van der Waals surface area contributed by atoms with E-state index in [0.29, 0.717) is 0 Å².